The van der Waals surface area contributed by atoms with Gasteiger partial charge < -0.3 is 15.2 Å². The normalized spacial score (nSPS) is 19.9. The van der Waals surface area contributed by atoms with E-state index in [1.807, 2.05) is 29.2 Å². The number of primary amides is 1. The Hall–Kier alpha value is -2.41. The predicted molar refractivity (Wildman–Crippen MR) is 91.6 cm³/mol. The minimum Gasteiger partial charge on any atom is -0.369 e. The van der Waals surface area contributed by atoms with Crippen molar-refractivity contribution in [3.63, 3.8) is 0 Å². The van der Waals surface area contributed by atoms with Crippen LogP contribution in [0.2, 0.25) is 0 Å². The molecule has 4 rings (SSSR count). The molecule has 7 nitrogen and oxygen atoms in total. The van der Waals surface area contributed by atoms with E-state index in [9.17, 15) is 9.59 Å². The lowest BCUT2D eigenvalue weighted by Crippen LogP contribution is -2.62. The molecule has 0 saturated carbocycles. The van der Waals surface area contributed by atoms with Gasteiger partial charge in [0.1, 0.15) is 5.69 Å². The summed E-state index contributed by atoms with van der Waals surface area (Å²) in [6.45, 7) is 3.26. The number of benzene rings is 1. The molecule has 1 aromatic heterocycles. The number of carbonyl (C=O) groups is 2. The molecule has 2 amide bonds. The van der Waals surface area contributed by atoms with Gasteiger partial charge in [0, 0.05) is 30.4 Å². The van der Waals surface area contributed by atoms with Crippen molar-refractivity contribution < 1.29 is 14.1 Å². The number of piperidine rings is 1. The highest BCUT2D eigenvalue weighted by molar-refractivity contribution is 5.86. The fourth-order valence-electron chi connectivity index (χ4n) is 3.76. The summed E-state index contributed by atoms with van der Waals surface area (Å²) in [5, 5.41) is 4.94. The van der Waals surface area contributed by atoms with Crippen molar-refractivity contribution in [2.45, 2.75) is 25.3 Å². The summed E-state index contributed by atoms with van der Waals surface area (Å²) >= 11 is 0. The molecule has 25 heavy (non-hydrogen) atoms. The van der Waals surface area contributed by atoms with Gasteiger partial charge in [-0.25, -0.2) is 0 Å². The number of likely N-dealkylation sites (tertiary alicyclic amines) is 2. The number of fused-ring (bicyclic) bond motifs is 1. The largest absolute Gasteiger partial charge is 0.369 e. The van der Waals surface area contributed by atoms with Gasteiger partial charge in [-0.1, -0.05) is 17.3 Å². The molecular formula is C18H22N4O3. The highest BCUT2D eigenvalue weighted by Gasteiger charge is 2.37. The predicted octanol–water partition coefficient (Wildman–Crippen LogP) is 0.778. The lowest BCUT2D eigenvalue weighted by atomic mass is 9.93. The highest BCUT2D eigenvalue weighted by atomic mass is 16.5. The van der Waals surface area contributed by atoms with Crippen LogP contribution < -0.4 is 5.73 Å². The fourth-order valence-corrected chi connectivity index (χ4v) is 3.76. The first-order valence-electron chi connectivity index (χ1n) is 8.76. The van der Waals surface area contributed by atoms with Crippen LogP contribution in [0.3, 0.4) is 0 Å². The number of amides is 2. The van der Waals surface area contributed by atoms with Crippen LogP contribution in [0.1, 0.15) is 18.5 Å². The summed E-state index contributed by atoms with van der Waals surface area (Å²) < 4.78 is 5.26. The number of rotatable bonds is 4. The molecule has 2 fully saturated rings. The van der Waals surface area contributed by atoms with Crippen LogP contribution in [0.15, 0.2) is 28.8 Å². The summed E-state index contributed by atoms with van der Waals surface area (Å²) in [4.78, 5) is 27.9. The van der Waals surface area contributed by atoms with E-state index in [1.54, 1.807) is 0 Å². The van der Waals surface area contributed by atoms with Crippen molar-refractivity contribution in [2.24, 2.45) is 11.7 Å². The van der Waals surface area contributed by atoms with Gasteiger partial charge in [0.05, 0.1) is 6.42 Å². The number of nitrogens with two attached hydrogens (primary N) is 1. The van der Waals surface area contributed by atoms with Gasteiger partial charge in [0.15, 0.2) is 5.58 Å². The first kappa shape index (κ1) is 16.1. The average Bonchev–Trinajstić information content (AvgIpc) is 2.97. The summed E-state index contributed by atoms with van der Waals surface area (Å²) in [5.41, 5.74) is 6.79. The number of nitrogens with zero attached hydrogens (tertiary/aromatic N) is 3. The molecule has 2 saturated heterocycles. The Labute approximate surface area is 145 Å². The van der Waals surface area contributed by atoms with Crippen molar-refractivity contribution in [1.82, 2.24) is 15.0 Å². The maximum atomic E-state index is 12.5. The Morgan fingerprint density at radius 3 is 2.64 bits per heavy atom. The Balaban J connectivity index is 1.29. The van der Waals surface area contributed by atoms with Crippen LogP contribution in [0.25, 0.3) is 11.0 Å². The Kier molecular flexibility index (Phi) is 4.17. The molecule has 0 aliphatic carbocycles. The van der Waals surface area contributed by atoms with E-state index in [0.29, 0.717) is 17.3 Å². The van der Waals surface area contributed by atoms with Crippen LogP contribution in [0.5, 0.6) is 0 Å². The Morgan fingerprint density at radius 2 is 1.92 bits per heavy atom. The maximum Gasteiger partial charge on any atom is 0.228 e. The molecule has 2 N–H and O–H groups in total. The smallest absolute Gasteiger partial charge is 0.228 e. The van der Waals surface area contributed by atoms with Crippen molar-refractivity contribution in [1.29, 1.82) is 0 Å². The van der Waals surface area contributed by atoms with E-state index in [-0.39, 0.29) is 24.2 Å². The second-order valence-electron chi connectivity index (χ2n) is 6.97. The number of para-hydroxylation sites is 1. The van der Waals surface area contributed by atoms with Crippen LogP contribution in [0.4, 0.5) is 0 Å². The molecule has 2 aliphatic rings. The summed E-state index contributed by atoms with van der Waals surface area (Å²) in [6, 6.07) is 7.98. The average molecular weight is 342 g/mol. The van der Waals surface area contributed by atoms with E-state index < -0.39 is 0 Å². The number of hydrogen-bond acceptors (Lipinski definition) is 5. The molecule has 1 aromatic carbocycles. The number of hydrogen-bond donors (Lipinski definition) is 1. The minimum absolute atomic E-state index is 0.00880. The molecule has 0 bridgehead atoms. The topological polar surface area (TPSA) is 92.7 Å². The Morgan fingerprint density at radius 1 is 1.20 bits per heavy atom. The van der Waals surface area contributed by atoms with Crippen molar-refractivity contribution in [3.05, 3.63) is 30.0 Å². The zero-order valence-corrected chi connectivity index (χ0v) is 14.1. The fraction of sp³-hybridized carbons (Fsp3) is 0.500. The zero-order valence-electron chi connectivity index (χ0n) is 14.1. The van der Waals surface area contributed by atoms with Gasteiger partial charge in [-0.15, -0.1) is 0 Å². The van der Waals surface area contributed by atoms with Crippen LogP contribution in [-0.4, -0.2) is 59.0 Å². The van der Waals surface area contributed by atoms with E-state index in [1.165, 1.54) is 0 Å². The molecule has 0 unspecified atom stereocenters. The molecule has 7 heteroatoms. The van der Waals surface area contributed by atoms with E-state index in [2.05, 4.69) is 10.1 Å². The second kappa shape index (κ2) is 6.48. The van der Waals surface area contributed by atoms with Crippen LogP contribution in [0, 0.1) is 5.92 Å². The number of aromatic nitrogens is 1. The minimum atomic E-state index is -0.190. The van der Waals surface area contributed by atoms with Gasteiger partial charge in [0.25, 0.3) is 0 Å². The summed E-state index contributed by atoms with van der Waals surface area (Å²) in [7, 11) is 0. The van der Waals surface area contributed by atoms with E-state index in [4.69, 9.17) is 10.3 Å². The van der Waals surface area contributed by atoms with Gasteiger partial charge >= 0.3 is 0 Å². The first-order chi connectivity index (χ1) is 12.1. The van der Waals surface area contributed by atoms with Gasteiger partial charge in [-0.2, -0.15) is 0 Å². The molecule has 0 radical (unpaired) electrons. The SMILES string of the molecule is NC(=O)C1CCN(C2CN(C(=O)Cc3noc4ccccc34)C2)CC1. The second-order valence-corrected chi connectivity index (χ2v) is 6.97. The van der Waals surface area contributed by atoms with Gasteiger partial charge in [-0.05, 0) is 38.1 Å². The summed E-state index contributed by atoms with van der Waals surface area (Å²) in [6.07, 6.45) is 1.92. The van der Waals surface area contributed by atoms with E-state index >= 15 is 0 Å². The lowest BCUT2D eigenvalue weighted by Gasteiger charge is -2.47. The lowest BCUT2D eigenvalue weighted by molar-refractivity contribution is -0.138. The van der Waals surface area contributed by atoms with E-state index in [0.717, 1.165) is 44.4 Å². The summed E-state index contributed by atoms with van der Waals surface area (Å²) in [5.74, 6) is -0.0956. The van der Waals surface area contributed by atoms with Crippen molar-refractivity contribution in [3.8, 4) is 0 Å². The monoisotopic (exact) mass is 342 g/mol. The molecule has 2 aliphatic heterocycles. The first-order valence-corrected chi connectivity index (χ1v) is 8.76. The van der Waals surface area contributed by atoms with Crippen molar-refractivity contribution in [2.75, 3.05) is 26.2 Å². The zero-order chi connectivity index (χ0) is 17.4. The Bertz CT molecular complexity index is 788. The maximum absolute atomic E-state index is 12.5. The van der Waals surface area contributed by atoms with Crippen LogP contribution in [-0.2, 0) is 16.0 Å². The van der Waals surface area contributed by atoms with Gasteiger partial charge in [-0.3, -0.25) is 14.5 Å². The molecular weight excluding hydrogens is 320 g/mol. The van der Waals surface area contributed by atoms with Gasteiger partial charge in [0.2, 0.25) is 11.8 Å². The molecule has 0 atom stereocenters. The third-order valence-electron chi connectivity index (χ3n) is 5.43. The molecule has 3 heterocycles. The quantitative estimate of drug-likeness (QED) is 0.886. The standard InChI is InChI=1S/C18H22N4O3/c19-18(24)12-5-7-21(8-6-12)13-10-22(11-13)17(23)9-15-14-3-1-2-4-16(14)25-20-15/h1-4,12-13H,5-11H2,(H2,19,24). The van der Waals surface area contributed by atoms with Crippen LogP contribution >= 0.6 is 0 Å². The third-order valence-corrected chi connectivity index (χ3v) is 5.43. The molecule has 0 spiro atoms. The number of carbonyl (C=O) groups excluding carboxylic acids is 2. The van der Waals surface area contributed by atoms with Crippen molar-refractivity contribution >= 4 is 22.8 Å². The highest BCUT2D eigenvalue weighted by Crippen LogP contribution is 2.24. The molecule has 132 valence electrons. The molecule has 2 aromatic rings. The third kappa shape index (κ3) is 3.11.